The van der Waals surface area contributed by atoms with E-state index in [1.807, 2.05) is 4.98 Å². The van der Waals surface area contributed by atoms with Gasteiger partial charge in [0.05, 0.1) is 9.30 Å². The van der Waals surface area contributed by atoms with Crippen molar-refractivity contribution in [1.29, 1.82) is 0 Å². The van der Waals surface area contributed by atoms with Gasteiger partial charge in [-0.2, -0.15) is 8.62 Å². The summed E-state index contributed by atoms with van der Waals surface area (Å²) in [6.07, 6.45) is -6.35. The first-order chi connectivity index (χ1) is 15.6. The Hall–Kier alpha value is -1.47. The molecule has 1 saturated heterocycles. The number of phosphoric acid groups is 3. The molecule has 6 atom stereocenters. The molecule has 0 amide bonds. The zero-order valence-corrected chi connectivity index (χ0v) is 19.3. The number of aryl methyl sites for hydroxylation is 1. The van der Waals surface area contributed by atoms with E-state index in [-0.39, 0.29) is 5.69 Å². The molecular formula is C13H20N3O14P3. The van der Waals surface area contributed by atoms with E-state index in [0.717, 1.165) is 10.6 Å². The van der Waals surface area contributed by atoms with Crippen molar-refractivity contribution in [2.24, 2.45) is 5.73 Å². The highest BCUT2D eigenvalue weighted by Gasteiger charge is 2.55. The summed E-state index contributed by atoms with van der Waals surface area (Å²) in [5.74, 6) is 4.69. The van der Waals surface area contributed by atoms with E-state index in [9.17, 15) is 38.2 Å². The smallest absolute Gasteiger partial charge is 0.387 e. The summed E-state index contributed by atoms with van der Waals surface area (Å²) in [7, 11) is -17.7. The van der Waals surface area contributed by atoms with E-state index in [1.165, 1.54) is 13.8 Å². The zero-order chi connectivity index (χ0) is 27.2. The van der Waals surface area contributed by atoms with E-state index in [1.54, 1.807) is 0 Å². The van der Waals surface area contributed by atoms with Crippen LogP contribution in [0.2, 0.25) is 0 Å². The molecule has 8 N–H and O–H groups in total. The minimum absolute atomic E-state index is 0.0576. The van der Waals surface area contributed by atoms with Crippen molar-refractivity contribution in [1.82, 2.24) is 9.55 Å². The summed E-state index contributed by atoms with van der Waals surface area (Å²) >= 11 is 0. The van der Waals surface area contributed by atoms with Gasteiger partial charge in [-0.05, 0) is 13.8 Å². The number of aromatic amines is 1. The number of H-pyrrole nitrogens is 1. The molecule has 0 radical (unpaired) electrons. The van der Waals surface area contributed by atoms with Gasteiger partial charge in [0.1, 0.15) is 12.2 Å². The number of aromatic nitrogens is 2. The van der Waals surface area contributed by atoms with Gasteiger partial charge >= 0.3 is 29.2 Å². The van der Waals surface area contributed by atoms with Crippen LogP contribution < -0.4 is 17.0 Å². The van der Waals surface area contributed by atoms with Gasteiger partial charge in [0.2, 0.25) is 0 Å². The third-order valence-corrected chi connectivity index (χ3v) is 7.57. The van der Waals surface area contributed by atoms with Crippen LogP contribution in [0.15, 0.2) is 15.7 Å². The Morgan fingerprint density at radius 1 is 1.27 bits per heavy atom. The number of hydrogen-bond donors (Lipinski definition) is 7. The Bertz CT molecular complexity index is 1310. The van der Waals surface area contributed by atoms with Gasteiger partial charge in [0, 0.05) is 11.8 Å². The molecule has 1 fully saturated rings. The number of nitrogens with one attached hydrogen (secondary N) is 1. The lowest BCUT2D eigenvalue weighted by Gasteiger charge is -2.28. The van der Waals surface area contributed by atoms with Crippen molar-refractivity contribution < 1.29 is 59.0 Å². The summed E-state index contributed by atoms with van der Waals surface area (Å²) in [6, 6.07) is 0.949. The average molecular weight is 537 g/mol. The molecule has 17 nitrogen and oxygen atoms in total. The molecule has 1 aromatic rings. The lowest BCUT2D eigenvalue weighted by Crippen LogP contribution is -2.55. The minimum atomic E-state index is -6.02. The van der Waals surface area contributed by atoms with E-state index in [0.29, 0.717) is 0 Å². The largest absolute Gasteiger partial charge is 0.490 e. The lowest BCUT2D eigenvalue weighted by molar-refractivity contribution is -0.0475. The fourth-order valence-electron chi connectivity index (χ4n) is 2.77. The maximum absolute atomic E-state index is 12.4. The van der Waals surface area contributed by atoms with E-state index in [4.69, 9.17) is 23.0 Å². The SMILES string of the molecule is [2H]C([2H])(OP(=O)(O)OP(=O)(O)OP(=O)(O)O)[C@H]1O[C@@H](n2c(C)cc(=O)[nH]c2=O)C(N)(C#CC)[C@H]1O. The molecule has 2 rings (SSSR count). The molecular weight excluding hydrogens is 515 g/mol. The standard InChI is InChI=1S/C13H20N3O14P3/c1-3-4-13(14)10(18)8(28-11(13)16-7(2)5-9(17)15-12(16)19)6-27-32(23,24)30-33(25,26)29-31(20,21)22/h5,8,10-11,18H,6,14H2,1-2H3,(H,23,24)(H,25,26)(H,15,17,19)(H2,20,21,22)/t8-,10+,11-,13?/m1/s1/i6D2. The number of nitrogens with two attached hydrogens (primary N) is 1. The molecule has 20 heteroatoms. The van der Waals surface area contributed by atoms with Crippen molar-refractivity contribution in [3.05, 3.63) is 32.6 Å². The van der Waals surface area contributed by atoms with E-state index < -0.39 is 65.3 Å². The Morgan fingerprint density at radius 2 is 1.88 bits per heavy atom. The van der Waals surface area contributed by atoms with Crippen molar-refractivity contribution in [2.45, 2.75) is 37.8 Å². The van der Waals surface area contributed by atoms with Crippen molar-refractivity contribution in [3.8, 4) is 11.8 Å². The topological polar surface area (TPSA) is 270 Å². The lowest BCUT2D eigenvalue weighted by atomic mass is 9.91. The third-order valence-electron chi connectivity index (χ3n) is 3.91. The molecule has 2 heterocycles. The second-order valence-electron chi connectivity index (χ2n) is 6.41. The molecule has 0 saturated carbocycles. The first-order valence-electron chi connectivity index (χ1n) is 9.37. The highest BCUT2D eigenvalue weighted by atomic mass is 31.3. The molecule has 1 aliphatic heterocycles. The number of ether oxygens (including phenoxy) is 1. The van der Waals surface area contributed by atoms with Gasteiger partial charge < -0.3 is 35.2 Å². The molecule has 1 aromatic heterocycles. The Balaban J connectivity index is 2.46. The summed E-state index contributed by atoms with van der Waals surface area (Å²) in [6.45, 7) is -1.05. The Kier molecular flexibility index (Phi) is 7.21. The predicted octanol–water partition coefficient (Wildman–Crippen LogP) is -1.83. The zero-order valence-electron chi connectivity index (χ0n) is 18.6. The molecule has 186 valence electrons. The number of aliphatic hydroxyl groups is 1. The van der Waals surface area contributed by atoms with Crippen LogP contribution in [0.3, 0.4) is 0 Å². The summed E-state index contributed by atoms with van der Waals surface area (Å²) in [5, 5.41) is 10.7. The monoisotopic (exact) mass is 537 g/mol. The molecule has 0 aromatic carbocycles. The van der Waals surface area contributed by atoms with Gasteiger partial charge in [0.25, 0.3) is 5.56 Å². The number of hydrogen-bond acceptors (Lipinski definition) is 11. The molecule has 1 aliphatic rings. The van der Waals surface area contributed by atoms with Gasteiger partial charge in [-0.25, -0.2) is 18.5 Å². The van der Waals surface area contributed by atoms with Crippen LogP contribution in [0.5, 0.6) is 0 Å². The van der Waals surface area contributed by atoms with Crippen LogP contribution in [0, 0.1) is 18.8 Å². The van der Waals surface area contributed by atoms with Crippen LogP contribution in [0.25, 0.3) is 0 Å². The highest BCUT2D eigenvalue weighted by molar-refractivity contribution is 7.66. The van der Waals surface area contributed by atoms with Crippen molar-refractivity contribution >= 4 is 23.5 Å². The van der Waals surface area contributed by atoms with Gasteiger partial charge in [-0.3, -0.25) is 18.9 Å². The normalized spacial score (nSPS) is 30.4. The maximum atomic E-state index is 12.4. The van der Waals surface area contributed by atoms with Crippen LogP contribution in [-0.4, -0.2) is 58.5 Å². The molecule has 3 unspecified atom stereocenters. The summed E-state index contributed by atoms with van der Waals surface area (Å²) < 4.78 is 67.4. The highest BCUT2D eigenvalue weighted by Crippen LogP contribution is 2.66. The fraction of sp³-hybridized carbons (Fsp3) is 0.538. The van der Waals surface area contributed by atoms with E-state index in [2.05, 4.69) is 25.0 Å². The fourth-order valence-corrected chi connectivity index (χ4v) is 5.65. The number of nitrogens with zero attached hydrogens (tertiary/aromatic N) is 1. The van der Waals surface area contributed by atoms with Crippen LogP contribution in [0.4, 0.5) is 0 Å². The quantitative estimate of drug-likeness (QED) is 0.142. The second-order valence-corrected chi connectivity index (χ2v) is 10.8. The van der Waals surface area contributed by atoms with Crippen molar-refractivity contribution in [2.75, 3.05) is 6.56 Å². The summed E-state index contributed by atoms with van der Waals surface area (Å²) in [4.78, 5) is 61.8. The van der Waals surface area contributed by atoms with Crippen LogP contribution in [0.1, 0.15) is 21.6 Å². The first kappa shape index (κ1) is 24.6. The first-order valence-corrected chi connectivity index (χ1v) is 12.9. The number of aliphatic hydroxyl groups excluding tert-OH is 1. The Labute approximate surface area is 187 Å². The van der Waals surface area contributed by atoms with Gasteiger partial charge in [-0.1, -0.05) is 5.92 Å². The predicted molar refractivity (Wildman–Crippen MR) is 106 cm³/mol. The summed E-state index contributed by atoms with van der Waals surface area (Å²) in [5.41, 5.74) is 1.89. The molecule has 0 spiro atoms. The maximum Gasteiger partial charge on any atom is 0.490 e. The van der Waals surface area contributed by atoms with Crippen molar-refractivity contribution in [3.63, 3.8) is 0 Å². The number of rotatable bonds is 8. The molecule has 0 aliphatic carbocycles. The average Bonchev–Trinajstić information content (AvgIpc) is 2.83. The van der Waals surface area contributed by atoms with Crippen LogP contribution >= 0.6 is 23.5 Å². The number of phosphoric ester groups is 1. The Morgan fingerprint density at radius 3 is 2.39 bits per heavy atom. The minimum Gasteiger partial charge on any atom is -0.387 e. The van der Waals surface area contributed by atoms with Gasteiger partial charge in [0.15, 0.2) is 11.8 Å². The molecule has 0 bridgehead atoms. The van der Waals surface area contributed by atoms with E-state index >= 15 is 0 Å². The second kappa shape index (κ2) is 9.65. The third kappa shape index (κ3) is 6.78. The van der Waals surface area contributed by atoms with Crippen LogP contribution in [-0.2, 0) is 31.6 Å². The molecule has 33 heavy (non-hydrogen) atoms. The van der Waals surface area contributed by atoms with Gasteiger partial charge in [-0.15, -0.1) is 5.92 Å².